The summed E-state index contributed by atoms with van der Waals surface area (Å²) in [5.41, 5.74) is 3.50. The molecular weight excluding hydrogens is 394 g/mol. The lowest BCUT2D eigenvalue weighted by atomic mass is 9.49. The molecule has 4 heteroatoms. The highest BCUT2D eigenvalue weighted by Crippen LogP contribution is 2.60. The molecule has 1 heterocycles. The molecule has 4 aliphatic carbocycles. The van der Waals surface area contributed by atoms with Gasteiger partial charge in [0.05, 0.1) is 11.0 Å². The molecule has 0 radical (unpaired) electrons. The molecular formula is C28H33N3O. The summed E-state index contributed by atoms with van der Waals surface area (Å²) in [5, 5.41) is 3.34. The number of para-hydroxylation sites is 2. The Morgan fingerprint density at radius 1 is 0.906 bits per heavy atom. The van der Waals surface area contributed by atoms with Crippen LogP contribution in [0.4, 0.5) is 0 Å². The number of benzene rings is 2. The maximum atomic E-state index is 13.3. The van der Waals surface area contributed by atoms with Gasteiger partial charge in [0.2, 0.25) is 5.91 Å². The fraction of sp³-hybridized carbons (Fsp3) is 0.500. The molecule has 4 saturated carbocycles. The molecule has 1 N–H and O–H groups in total. The number of amides is 1. The van der Waals surface area contributed by atoms with E-state index in [1.165, 1.54) is 30.3 Å². The number of nitrogens with zero attached hydrogens (tertiary/aromatic N) is 2. The Balaban J connectivity index is 1.15. The maximum Gasteiger partial charge on any atom is 0.226 e. The predicted octanol–water partition coefficient (Wildman–Crippen LogP) is 5.15. The molecule has 4 nitrogen and oxygen atoms in total. The van der Waals surface area contributed by atoms with Crippen LogP contribution in [0.2, 0.25) is 0 Å². The quantitative estimate of drug-likeness (QED) is 0.566. The summed E-state index contributed by atoms with van der Waals surface area (Å²) in [6.07, 6.45) is 9.25. The average Bonchev–Trinajstić information content (AvgIpc) is 3.15. The third kappa shape index (κ3) is 3.64. The zero-order valence-electron chi connectivity index (χ0n) is 18.8. The van der Waals surface area contributed by atoms with E-state index in [1.54, 1.807) is 0 Å². The Morgan fingerprint density at radius 3 is 2.28 bits per heavy atom. The Morgan fingerprint density at radius 2 is 1.56 bits per heavy atom. The molecule has 1 aromatic heterocycles. The molecule has 0 unspecified atom stereocenters. The molecule has 0 aliphatic heterocycles. The molecule has 4 bridgehead atoms. The minimum Gasteiger partial charge on any atom is -0.355 e. The van der Waals surface area contributed by atoms with Crippen molar-refractivity contribution in [2.24, 2.45) is 23.2 Å². The van der Waals surface area contributed by atoms with Crippen LogP contribution in [0, 0.1) is 23.2 Å². The van der Waals surface area contributed by atoms with Crippen molar-refractivity contribution in [2.45, 2.75) is 57.9 Å². The topological polar surface area (TPSA) is 46.9 Å². The third-order valence-electron chi connectivity index (χ3n) is 8.35. The fourth-order valence-electron chi connectivity index (χ4n) is 7.32. The van der Waals surface area contributed by atoms with E-state index in [1.807, 2.05) is 0 Å². The second-order valence-electron chi connectivity index (χ2n) is 10.6. The number of carbonyl (C=O) groups is 1. The number of imidazole rings is 1. The SMILES string of the molecule is O=C(NCCc1nc2ccccc2n1CCc1ccccc1)C12CC3CC(CC(C3)C1)C2. The van der Waals surface area contributed by atoms with Crippen LogP contribution in [0.1, 0.15) is 49.9 Å². The van der Waals surface area contributed by atoms with Crippen LogP contribution < -0.4 is 5.32 Å². The lowest BCUT2D eigenvalue weighted by molar-refractivity contribution is -0.146. The zero-order valence-corrected chi connectivity index (χ0v) is 18.8. The molecule has 1 amide bonds. The number of aryl methyl sites for hydroxylation is 2. The number of rotatable bonds is 7. The lowest BCUT2D eigenvalue weighted by Gasteiger charge is -2.55. The normalized spacial score (nSPS) is 28.3. The van der Waals surface area contributed by atoms with Crippen molar-refractivity contribution in [3.05, 3.63) is 66.0 Å². The summed E-state index contributed by atoms with van der Waals surface area (Å²) in [7, 11) is 0. The van der Waals surface area contributed by atoms with Gasteiger partial charge in [0.15, 0.2) is 0 Å². The number of hydrogen-bond acceptors (Lipinski definition) is 2. The van der Waals surface area contributed by atoms with Gasteiger partial charge in [0, 0.05) is 24.9 Å². The first-order valence-electron chi connectivity index (χ1n) is 12.4. The smallest absolute Gasteiger partial charge is 0.226 e. The van der Waals surface area contributed by atoms with E-state index >= 15 is 0 Å². The Labute approximate surface area is 190 Å². The van der Waals surface area contributed by atoms with Gasteiger partial charge in [-0.15, -0.1) is 0 Å². The van der Waals surface area contributed by atoms with Gasteiger partial charge in [0.25, 0.3) is 0 Å². The summed E-state index contributed by atoms with van der Waals surface area (Å²) in [4.78, 5) is 18.2. The molecule has 0 saturated heterocycles. The first-order chi connectivity index (χ1) is 15.7. The molecule has 4 aliphatic rings. The van der Waals surface area contributed by atoms with Crippen LogP contribution in [0.15, 0.2) is 54.6 Å². The fourth-order valence-corrected chi connectivity index (χ4v) is 7.32. The van der Waals surface area contributed by atoms with E-state index in [0.29, 0.717) is 12.5 Å². The van der Waals surface area contributed by atoms with Crippen LogP contribution >= 0.6 is 0 Å². The van der Waals surface area contributed by atoms with Crippen molar-refractivity contribution in [2.75, 3.05) is 6.54 Å². The number of nitrogens with one attached hydrogen (secondary N) is 1. The Hall–Kier alpha value is -2.62. The monoisotopic (exact) mass is 427 g/mol. The van der Waals surface area contributed by atoms with Gasteiger partial charge in [-0.25, -0.2) is 4.98 Å². The maximum absolute atomic E-state index is 13.3. The third-order valence-corrected chi connectivity index (χ3v) is 8.35. The summed E-state index contributed by atoms with van der Waals surface area (Å²) >= 11 is 0. The van der Waals surface area contributed by atoms with Crippen LogP contribution in [0.3, 0.4) is 0 Å². The molecule has 0 spiro atoms. The highest BCUT2D eigenvalue weighted by Gasteiger charge is 2.54. The summed E-state index contributed by atoms with van der Waals surface area (Å²) in [6, 6.07) is 19.0. The Bertz CT molecular complexity index is 1080. The van der Waals surface area contributed by atoms with Gasteiger partial charge in [-0.05, 0) is 80.4 Å². The standard InChI is InChI=1S/C28H33N3O/c32-27(28-17-21-14-22(18-28)16-23(15-21)19-28)29-12-10-26-30-24-8-4-5-9-25(24)31(26)13-11-20-6-2-1-3-7-20/h1-9,21-23H,10-19H2,(H,29,32). The number of hydrogen-bond donors (Lipinski definition) is 1. The van der Waals surface area contributed by atoms with Crippen molar-refractivity contribution in [1.29, 1.82) is 0 Å². The van der Waals surface area contributed by atoms with Gasteiger partial charge in [0.1, 0.15) is 5.82 Å². The predicted molar refractivity (Wildman–Crippen MR) is 127 cm³/mol. The zero-order chi connectivity index (χ0) is 21.5. The molecule has 0 atom stereocenters. The van der Waals surface area contributed by atoms with Crippen molar-refractivity contribution in [1.82, 2.24) is 14.9 Å². The summed E-state index contributed by atoms with van der Waals surface area (Å²) in [5.74, 6) is 3.80. The molecule has 7 rings (SSSR count). The van der Waals surface area contributed by atoms with Crippen LogP contribution in [-0.2, 0) is 24.2 Å². The van der Waals surface area contributed by atoms with E-state index in [-0.39, 0.29) is 5.41 Å². The number of fused-ring (bicyclic) bond motifs is 1. The molecule has 2 aromatic carbocycles. The van der Waals surface area contributed by atoms with E-state index in [4.69, 9.17) is 4.98 Å². The van der Waals surface area contributed by atoms with Gasteiger partial charge in [-0.1, -0.05) is 42.5 Å². The highest BCUT2D eigenvalue weighted by atomic mass is 16.2. The van der Waals surface area contributed by atoms with E-state index in [0.717, 1.165) is 67.7 Å². The molecule has 3 aromatic rings. The minimum absolute atomic E-state index is 0.0673. The first kappa shape index (κ1) is 20.0. The summed E-state index contributed by atoms with van der Waals surface area (Å²) in [6.45, 7) is 1.58. The average molecular weight is 428 g/mol. The second-order valence-corrected chi connectivity index (χ2v) is 10.6. The van der Waals surface area contributed by atoms with Gasteiger partial charge in [-0.3, -0.25) is 4.79 Å². The Kier molecular flexibility index (Phi) is 5.04. The number of aromatic nitrogens is 2. The second kappa shape index (κ2) is 8.06. The largest absolute Gasteiger partial charge is 0.355 e. The molecule has 4 fully saturated rings. The summed E-state index contributed by atoms with van der Waals surface area (Å²) < 4.78 is 2.35. The van der Waals surface area contributed by atoms with Gasteiger partial charge >= 0.3 is 0 Å². The van der Waals surface area contributed by atoms with E-state index in [2.05, 4.69) is 64.5 Å². The van der Waals surface area contributed by atoms with Crippen molar-refractivity contribution < 1.29 is 4.79 Å². The molecule has 32 heavy (non-hydrogen) atoms. The lowest BCUT2D eigenvalue weighted by Crippen LogP contribution is -2.53. The van der Waals surface area contributed by atoms with Crippen molar-refractivity contribution in [3.8, 4) is 0 Å². The van der Waals surface area contributed by atoms with Crippen LogP contribution in [-0.4, -0.2) is 22.0 Å². The molecule has 166 valence electrons. The van der Waals surface area contributed by atoms with E-state index in [9.17, 15) is 4.79 Å². The highest BCUT2D eigenvalue weighted by molar-refractivity contribution is 5.83. The van der Waals surface area contributed by atoms with Crippen molar-refractivity contribution >= 4 is 16.9 Å². The van der Waals surface area contributed by atoms with Gasteiger partial charge in [-0.2, -0.15) is 0 Å². The van der Waals surface area contributed by atoms with Gasteiger partial charge < -0.3 is 9.88 Å². The number of carbonyl (C=O) groups excluding carboxylic acids is 1. The van der Waals surface area contributed by atoms with Crippen LogP contribution in [0.5, 0.6) is 0 Å². The van der Waals surface area contributed by atoms with Crippen molar-refractivity contribution in [3.63, 3.8) is 0 Å². The van der Waals surface area contributed by atoms with E-state index < -0.39 is 0 Å². The van der Waals surface area contributed by atoms with Crippen LogP contribution in [0.25, 0.3) is 11.0 Å². The first-order valence-corrected chi connectivity index (χ1v) is 12.4. The minimum atomic E-state index is -0.0673.